The fourth-order valence-electron chi connectivity index (χ4n) is 4.25. The van der Waals surface area contributed by atoms with E-state index in [-0.39, 0.29) is 0 Å². The Kier molecular flexibility index (Phi) is 4.38. The summed E-state index contributed by atoms with van der Waals surface area (Å²) >= 11 is 0. The number of hydrogen-bond acceptors (Lipinski definition) is 2. The summed E-state index contributed by atoms with van der Waals surface area (Å²) in [5, 5.41) is 0. The molecule has 0 aromatic rings. The first kappa shape index (κ1) is 14.3. The van der Waals surface area contributed by atoms with Gasteiger partial charge >= 0.3 is 0 Å². The minimum atomic E-state index is 0.384. The van der Waals surface area contributed by atoms with Gasteiger partial charge in [-0.3, -0.25) is 0 Å². The summed E-state index contributed by atoms with van der Waals surface area (Å²) in [6.07, 6.45) is 6.81. The molecule has 1 aliphatic carbocycles. The van der Waals surface area contributed by atoms with E-state index in [0.717, 1.165) is 17.9 Å². The molecule has 0 aromatic carbocycles. The van der Waals surface area contributed by atoms with Crippen molar-refractivity contribution in [3.63, 3.8) is 0 Å². The van der Waals surface area contributed by atoms with E-state index in [0.29, 0.717) is 11.5 Å². The first-order valence-corrected chi connectivity index (χ1v) is 7.89. The van der Waals surface area contributed by atoms with Crippen molar-refractivity contribution in [2.45, 2.75) is 71.9 Å². The monoisotopic (exact) mass is 252 g/mol. The Morgan fingerprint density at radius 2 is 1.78 bits per heavy atom. The molecule has 3 unspecified atom stereocenters. The average molecular weight is 252 g/mol. The largest absolute Gasteiger partial charge is 0.328 e. The van der Waals surface area contributed by atoms with Crippen LogP contribution in [0.2, 0.25) is 0 Å². The second-order valence-corrected chi connectivity index (χ2v) is 7.68. The first-order chi connectivity index (χ1) is 8.39. The van der Waals surface area contributed by atoms with E-state index < -0.39 is 0 Å². The lowest BCUT2D eigenvalue weighted by Crippen LogP contribution is -2.49. The van der Waals surface area contributed by atoms with Crippen LogP contribution >= 0.6 is 0 Å². The molecule has 18 heavy (non-hydrogen) atoms. The molecule has 2 rings (SSSR count). The van der Waals surface area contributed by atoms with E-state index in [1.165, 1.54) is 45.2 Å². The van der Waals surface area contributed by atoms with Crippen LogP contribution in [0, 0.1) is 17.3 Å². The Bertz CT molecular complexity index is 264. The zero-order valence-electron chi connectivity index (χ0n) is 12.8. The van der Waals surface area contributed by atoms with Crippen LogP contribution in [0.15, 0.2) is 0 Å². The molecule has 1 aliphatic heterocycles. The summed E-state index contributed by atoms with van der Waals surface area (Å²) < 4.78 is 0. The Hall–Kier alpha value is -0.0800. The number of hydrogen-bond donors (Lipinski definition) is 1. The minimum absolute atomic E-state index is 0.384. The highest BCUT2D eigenvalue weighted by molar-refractivity contribution is 4.90. The van der Waals surface area contributed by atoms with Crippen molar-refractivity contribution in [2.24, 2.45) is 23.0 Å². The van der Waals surface area contributed by atoms with Crippen LogP contribution in [0.4, 0.5) is 0 Å². The smallest absolute Gasteiger partial charge is 0.0121 e. The summed E-state index contributed by atoms with van der Waals surface area (Å²) in [6.45, 7) is 12.1. The maximum Gasteiger partial charge on any atom is 0.0121 e. The number of rotatable bonds is 2. The SMILES string of the molecule is CC(N)C1CCN(C2CCC(C)(C)CC2C)CC1. The molecule has 2 nitrogen and oxygen atoms in total. The van der Waals surface area contributed by atoms with Crippen LogP contribution in [-0.2, 0) is 0 Å². The van der Waals surface area contributed by atoms with E-state index in [9.17, 15) is 0 Å². The molecule has 0 amide bonds. The number of nitrogens with zero attached hydrogens (tertiary/aromatic N) is 1. The Morgan fingerprint density at radius 1 is 1.17 bits per heavy atom. The Labute approximate surface area is 113 Å². The topological polar surface area (TPSA) is 29.3 Å². The molecule has 2 heteroatoms. The van der Waals surface area contributed by atoms with Gasteiger partial charge in [-0.25, -0.2) is 0 Å². The van der Waals surface area contributed by atoms with E-state index in [1.54, 1.807) is 0 Å². The highest BCUT2D eigenvalue weighted by atomic mass is 15.2. The quantitative estimate of drug-likeness (QED) is 0.817. The second-order valence-electron chi connectivity index (χ2n) is 7.68. The summed E-state index contributed by atoms with van der Waals surface area (Å²) in [5.41, 5.74) is 6.60. The van der Waals surface area contributed by atoms with Crippen LogP contribution in [-0.4, -0.2) is 30.1 Å². The van der Waals surface area contributed by atoms with Crippen molar-refractivity contribution in [1.82, 2.24) is 4.90 Å². The first-order valence-electron chi connectivity index (χ1n) is 7.89. The molecule has 2 aliphatic rings. The van der Waals surface area contributed by atoms with Crippen LogP contribution in [0.1, 0.15) is 59.8 Å². The van der Waals surface area contributed by atoms with Crippen LogP contribution in [0.25, 0.3) is 0 Å². The molecule has 1 saturated heterocycles. The van der Waals surface area contributed by atoms with Crippen LogP contribution in [0.5, 0.6) is 0 Å². The van der Waals surface area contributed by atoms with Gasteiger partial charge in [0.2, 0.25) is 0 Å². The molecule has 106 valence electrons. The van der Waals surface area contributed by atoms with Crippen LogP contribution in [0.3, 0.4) is 0 Å². The molecule has 0 spiro atoms. The second kappa shape index (κ2) is 5.50. The van der Waals surface area contributed by atoms with Gasteiger partial charge in [-0.15, -0.1) is 0 Å². The summed E-state index contributed by atoms with van der Waals surface area (Å²) in [4.78, 5) is 2.76. The molecule has 0 bridgehead atoms. The highest BCUT2D eigenvalue weighted by Crippen LogP contribution is 2.41. The normalized spacial score (nSPS) is 36.5. The Morgan fingerprint density at radius 3 is 2.28 bits per heavy atom. The number of nitrogens with two attached hydrogens (primary N) is 1. The lowest BCUT2D eigenvalue weighted by molar-refractivity contribution is 0.0354. The van der Waals surface area contributed by atoms with Gasteiger partial charge in [0.1, 0.15) is 0 Å². The van der Waals surface area contributed by atoms with Gasteiger partial charge in [-0.2, -0.15) is 0 Å². The van der Waals surface area contributed by atoms with E-state index in [1.807, 2.05) is 0 Å². The van der Waals surface area contributed by atoms with Crippen molar-refractivity contribution in [3.8, 4) is 0 Å². The summed E-state index contributed by atoms with van der Waals surface area (Å²) in [7, 11) is 0. The maximum atomic E-state index is 6.04. The van der Waals surface area contributed by atoms with Gasteiger partial charge in [-0.05, 0) is 69.4 Å². The standard InChI is InChI=1S/C16H32N2/c1-12-11-16(3,4)8-5-15(12)18-9-6-14(7-10-18)13(2)17/h12-15H,5-11,17H2,1-4H3. The predicted octanol–water partition coefficient (Wildman–Crippen LogP) is 3.26. The lowest BCUT2D eigenvalue weighted by atomic mass is 9.70. The summed E-state index contributed by atoms with van der Waals surface area (Å²) in [6, 6.07) is 1.22. The van der Waals surface area contributed by atoms with Crippen molar-refractivity contribution >= 4 is 0 Å². The fraction of sp³-hybridized carbons (Fsp3) is 1.00. The van der Waals surface area contributed by atoms with Gasteiger partial charge in [0.05, 0.1) is 0 Å². The molecule has 1 heterocycles. The molecule has 3 atom stereocenters. The van der Waals surface area contributed by atoms with E-state index >= 15 is 0 Å². The lowest BCUT2D eigenvalue weighted by Gasteiger charge is -2.47. The third-order valence-electron chi connectivity index (χ3n) is 5.44. The third-order valence-corrected chi connectivity index (χ3v) is 5.44. The van der Waals surface area contributed by atoms with Gasteiger partial charge < -0.3 is 10.6 Å². The van der Waals surface area contributed by atoms with Crippen molar-refractivity contribution in [1.29, 1.82) is 0 Å². The predicted molar refractivity (Wildman–Crippen MR) is 78.5 cm³/mol. The fourth-order valence-corrected chi connectivity index (χ4v) is 4.25. The number of likely N-dealkylation sites (tertiary alicyclic amines) is 1. The average Bonchev–Trinajstić information content (AvgIpc) is 2.28. The third kappa shape index (κ3) is 3.27. The van der Waals surface area contributed by atoms with Crippen LogP contribution < -0.4 is 5.73 Å². The molecule has 0 aromatic heterocycles. The van der Waals surface area contributed by atoms with E-state index in [4.69, 9.17) is 5.73 Å². The molecular weight excluding hydrogens is 220 g/mol. The molecule has 2 fully saturated rings. The molecule has 2 N–H and O–H groups in total. The maximum absolute atomic E-state index is 6.04. The molecular formula is C16H32N2. The van der Waals surface area contributed by atoms with Crippen molar-refractivity contribution in [2.75, 3.05) is 13.1 Å². The highest BCUT2D eigenvalue weighted by Gasteiger charge is 2.36. The van der Waals surface area contributed by atoms with Gasteiger partial charge in [0, 0.05) is 12.1 Å². The van der Waals surface area contributed by atoms with Gasteiger partial charge in [-0.1, -0.05) is 20.8 Å². The van der Waals surface area contributed by atoms with E-state index in [2.05, 4.69) is 32.6 Å². The van der Waals surface area contributed by atoms with Gasteiger partial charge in [0.15, 0.2) is 0 Å². The van der Waals surface area contributed by atoms with Gasteiger partial charge in [0.25, 0.3) is 0 Å². The summed E-state index contributed by atoms with van der Waals surface area (Å²) in [5.74, 6) is 1.62. The Balaban J connectivity index is 1.87. The molecule has 1 saturated carbocycles. The number of piperidine rings is 1. The minimum Gasteiger partial charge on any atom is -0.328 e. The zero-order valence-corrected chi connectivity index (χ0v) is 12.8. The van der Waals surface area contributed by atoms with Crippen molar-refractivity contribution < 1.29 is 0 Å². The zero-order chi connectivity index (χ0) is 13.3. The van der Waals surface area contributed by atoms with Crippen molar-refractivity contribution in [3.05, 3.63) is 0 Å². The molecule has 0 radical (unpaired) electrons.